The summed E-state index contributed by atoms with van der Waals surface area (Å²) in [5.74, 6) is 1.03. The molecule has 5 nitrogen and oxygen atoms in total. The van der Waals surface area contributed by atoms with Crippen molar-refractivity contribution in [3.63, 3.8) is 0 Å². The first kappa shape index (κ1) is 17.6. The summed E-state index contributed by atoms with van der Waals surface area (Å²) in [5, 5.41) is 3.25. The molecule has 2 aromatic carbocycles. The third-order valence-electron chi connectivity index (χ3n) is 3.96. The number of carbonyl (C=O) groups excluding carboxylic acids is 1. The molecule has 0 unspecified atom stereocenters. The summed E-state index contributed by atoms with van der Waals surface area (Å²) in [6.45, 7) is 4.35. The van der Waals surface area contributed by atoms with Gasteiger partial charge < -0.3 is 10.2 Å². The van der Waals surface area contributed by atoms with E-state index in [0.29, 0.717) is 23.9 Å². The van der Waals surface area contributed by atoms with Gasteiger partial charge in [-0.1, -0.05) is 42.5 Å². The Morgan fingerprint density at radius 2 is 1.77 bits per heavy atom. The number of hydrogen-bond donors (Lipinski definition) is 1. The van der Waals surface area contributed by atoms with Gasteiger partial charge in [-0.25, -0.2) is 9.97 Å². The molecule has 0 atom stereocenters. The topological polar surface area (TPSA) is 58.1 Å². The van der Waals surface area contributed by atoms with Gasteiger partial charge in [-0.15, -0.1) is 0 Å². The number of aromatic nitrogens is 2. The maximum Gasteiger partial charge on any atom is 0.272 e. The van der Waals surface area contributed by atoms with Crippen LogP contribution in [0.5, 0.6) is 0 Å². The molecule has 0 saturated carbocycles. The summed E-state index contributed by atoms with van der Waals surface area (Å²) in [6.07, 6.45) is 0. The molecule has 5 heteroatoms. The van der Waals surface area contributed by atoms with E-state index in [1.54, 1.807) is 24.9 Å². The van der Waals surface area contributed by atoms with E-state index in [4.69, 9.17) is 0 Å². The average molecular weight is 346 g/mol. The van der Waals surface area contributed by atoms with Gasteiger partial charge in [-0.05, 0) is 37.1 Å². The fourth-order valence-electron chi connectivity index (χ4n) is 2.74. The fraction of sp³-hybridized carbons (Fsp3) is 0.190. The fourth-order valence-corrected chi connectivity index (χ4v) is 2.74. The summed E-state index contributed by atoms with van der Waals surface area (Å²) >= 11 is 0. The van der Waals surface area contributed by atoms with E-state index in [-0.39, 0.29) is 5.91 Å². The number of amides is 1. The molecule has 3 aromatic rings. The molecule has 132 valence electrons. The van der Waals surface area contributed by atoms with Crippen molar-refractivity contribution in [2.24, 2.45) is 0 Å². The first-order valence-corrected chi connectivity index (χ1v) is 8.50. The van der Waals surface area contributed by atoms with Crippen LogP contribution in [0.1, 0.15) is 27.4 Å². The van der Waals surface area contributed by atoms with Gasteiger partial charge in [0.25, 0.3) is 5.91 Å². The number of anilines is 2. The highest BCUT2D eigenvalue weighted by molar-refractivity contribution is 5.93. The molecule has 1 N–H and O–H groups in total. The molecular formula is C21H22N4O. The van der Waals surface area contributed by atoms with Crippen molar-refractivity contribution >= 4 is 17.4 Å². The molecular weight excluding hydrogens is 324 g/mol. The normalized spacial score (nSPS) is 10.4. The number of rotatable bonds is 5. The summed E-state index contributed by atoms with van der Waals surface area (Å²) in [5.41, 5.74) is 3.54. The smallest absolute Gasteiger partial charge is 0.272 e. The van der Waals surface area contributed by atoms with Crippen LogP contribution in [0.4, 0.5) is 11.5 Å². The van der Waals surface area contributed by atoms with E-state index in [0.717, 1.165) is 16.8 Å². The summed E-state index contributed by atoms with van der Waals surface area (Å²) < 4.78 is 0. The van der Waals surface area contributed by atoms with E-state index in [2.05, 4.69) is 15.3 Å². The molecule has 26 heavy (non-hydrogen) atoms. The van der Waals surface area contributed by atoms with E-state index >= 15 is 0 Å². The third-order valence-corrected chi connectivity index (χ3v) is 3.96. The van der Waals surface area contributed by atoms with Crippen LogP contribution in [0.3, 0.4) is 0 Å². The van der Waals surface area contributed by atoms with Crippen LogP contribution in [-0.2, 0) is 6.54 Å². The van der Waals surface area contributed by atoms with Crippen LogP contribution in [0, 0.1) is 13.8 Å². The Morgan fingerprint density at radius 1 is 1.00 bits per heavy atom. The van der Waals surface area contributed by atoms with Gasteiger partial charge in [-0.2, -0.15) is 0 Å². The zero-order chi connectivity index (χ0) is 18.5. The average Bonchev–Trinajstić information content (AvgIpc) is 2.61. The van der Waals surface area contributed by atoms with Crippen molar-refractivity contribution < 1.29 is 4.79 Å². The number of benzene rings is 2. The summed E-state index contributed by atoms with van der Waals surface area (Å²) in [7, 11) is 1.78. The number of carbonyl (C=O) groups is 1. The van der Waals surface area contributed by atoms with E-state index in [1.165, 1.54) is 0 Å². The quantitative estimate of drug-likeness (QED) is 0.755. The lowest BCUT2D eigenvalue weighted by molar-refractivity contribution is 0.0779. The van der Waals surface area contributed by atoms with E-state index < -0.39 is 0 Å². The molecule has 0 radical (unpaired) electrons. The number of nitrogens with one attached hydrogen (secondary N) is 1. The zero-order valence-electron chi connectivity index (χ0n) is 15.2. The molecule has 1 heterocycles. The van der Waals surface area contributed by atoms with E-state index in [1.807, 2.05) is 61.5 Å². The molecule has 0 spiro atoms. The second kappa shape index (κ2) is 7.78. The predicted molar refractivity (Wildman–Crippen MR) is 103 cm³/mol. The van der Waals surface area contributed by atoms with E-state index in [9.17, 15) is 4.79 Å². The Labute approximate surface area is 153 Å². The molecule has 0 aliphatic rings. The third kappa shape index (κ3) is 4.45. The molecule has 3 rings (SSSR count). The highest BCUT2D eigenvalue weighted by Gasteiger charge is 2.15. The SMILES string of the molecule is Cc1cccc(Nc2cc(C(=O)N(C)Cc3ccccc3)nc(C)n2)c1. The van der Waals surface area contributed by atoms with Gasteiger partial charge in [0.1, 0.15) is 17.3 Å². The highest BCUT2D eigenvalue weighted by atomic mass is 16.2. The Kier molecular flexibility index (Phi) is 5.27. The molecule has 0 bridgehead atoms. The van der Waals surface area contributed by atoms with Crippen molar-refractivity contribution in [3.8, 4) is 0 Å². The van der Waals surface area contributed by atoms with Gasteiger partial charge in [0.15, 0.2) is 0 Å². The van der Waals surface area contributed by atoms with Gasteiger partial charge >= 0.3 is 0 Å². The first-order chi connectivity index (χ1) is 12.5. The van der Waals surface area contributed by atoms with Crippen LogP contribution in [0.15, 0.2) is 60.7 Å². The van der Waals surface area contributed by atoms with Crippen LogP contribution in [0.2, 0.25) is 0 Å². The van der Waals surface area contributed by atoms with Crippen molar-refractivity contribution in [1.82, 2.24) is 14.9 Å². The van der Waals surface area contributed by atoms with Gasteiger partial charge in [-0.3, -0.25) is 4.79 Å². The molecule has 0 aliphatic heterocycles. The lowest BCUT2D eigenvalue weighted by Gasteiger charge is -2.17. The largest absolute Gasteiger partial charge is 0.340 e. The van der Waals surface area contributed by atoms with Crippen LogP contribution < -0.4 is 5.32 Å². The lowest BCUT2D eigenvalue weighted by Crippen LogP contribution is -2.27. The first-order valence-electron chi connectivity index (χ1n) is 8.50. The zero-order valence-corrected chi connectivity index (χ0v) is 15.2. The van der Waals surface area contributed by atoms with Crippen molar-refractivity contribution in [2.75, 3.05) is 12.4 Å². The Hall–Kier alpha value is -3.21. The van der Waals surface area contributed by atoms with Crippen LogP contribution in [0.25, 0.3) is 0 Å². The van der Waals surface area contributed by atoms with Gasteiger partial charge in [0, 0.05) is 25.3 Å². The minimum absolute atomic E-state index is 0.133. The van der Waals surface area contributed by atoms with Crippen LogP contribution >= 0.6 is 0 Å². The number of aryl methyl sites for hydroxylation is 2. The standard InChI is InChI=1S/C21H22N4O/c1-15-8-7-11-18(12-15)24-20-13-19(22-16(2)23-20)21(26)25(3)14-17-9-5-4-6-10-17/h4-13H,14H2,1-3H3,(H,22,23,24). The van der Waals surface area contributed by atoms with Gasteiger partial charge in [0.05, 0.1) is 0 Å². The van der Waals surface area contributed by atoms with Crippen molar-refractivity contribution in [1.29, 1.82) is 0 Å². The summed E-state index contributed by atoms with van der Waals surface area (Å²) in [4.78, 5) is 23.1. The molecule has 0 fully saturated rings. The summed E-state index contributed by atoms with van der Waals surface area (Å²) in [6, 6.07) is 19.6. The highest BCUT2D eigenvalue weighted by Crippen LogP contribution is 2.17. The lowest BCUT2D eigenvalue weighted by atomic mass is 10.2. The molecule has 0 aliphatic carbocycles. The Bertz CT molecular complexity index is 909. The monoisotopic (exact) mass is 346 g/mol. The number of hydrogen-bond acceptors (Lipinski definition) is 4. The Balaban J connectivity index is 1.79. The van der Waals surface area contributed by atoms with Crippen molar-refractivity contribution in [3.05, 3.63) is 83.3 Å². The van der Waals surface area contributed by atoms with Crippen LogP contribution in [-0.4, -0.2) is 27.8 Å². The van der Waals surface area contributed by atoms with Gasteiger partial charge in [0.2, 0.25) is 0 Å². The van der Waals surface area contributed by atoms with Crippen molar-refractivity contribution in [2.45, 2.75) is 20.4 Å². The second-order valence-electron chi connectivity index (χ2n) is 6.33. The Morgan fingerprint density at radius 3 is 2.50 bits per heavy atom. The number of nitrogens with zero attached hydrogens (tertiary/aromatic N) is 3. The molecule has 1 amide bonds. The predicted octanol–water partition coefficient (Wildman–Crippen LogP) is 4.11. The minimum atomic E-state index is -0.133. The maximum absolute atomic E-state index is 12.8. The maximum atomic E-state index is 12.8. The molecule has 0 saturated heterocycles. The molecule has 1 aromatic heterocycles. The second-order valence-corrected chi connectivity index (χ2v) is 6.33. The minimum Gasteiger partial charge on any atom is -0.340 e.